The first-order chi connectivity index (χ1) is 10.7. The molecule has 0 spiro atoms. The summed E-state index contributed by atoms with van der Waals surface area (Å²) < 4.78 is 90.0. The van der Waals surface area contributed by atoms with Gasteiger partial charge in [-0.1, -0.05) is 0 Å². The van der Waals surface area contributed by atoms with Gasteiger partial charge in [-0.05, 0) is 0 Å². The molecule has 0 N–H and O–H groups in total. The summed E-state index contributed by atoms with van der Waals surface area (Å²) in [6.07, 6.45) is -11.4. The van der Waals surface area contributed by atoms with Crippen molar-refractivity contribution < 1.29 is 37.5 Å². The molecule has 1 aliphatic heterocycles. The summed E-state index contributed by atoms with van der Waals surface area (Å²) in [7, 11) is 0. The van der Waals surface area contributed by atoms with Crippen molar-refractivity contribution in [3.63, 3.8) is 0 Å². The predicted molar refractivity (Wildman–Crippen MR) is 80.7 cm³/mol. The molecule has 1 heterocycles. The Hall–Kier alpha value is -0.590. The van der Waals surface area contributed by atoms with Crippen LogP contribution in [-0.4, -0.2) is 18.0 Å². The molecule has 0 fully saturated rings. The fourth-order valence-electron chi connectivity index (χ4n) is 1.96. The topological polar surface area (TPSA) is 27.7 Å². The summed E-state index contributed by atoms with van der Waals surface area (Å²) in [4.78, 5) is 4.93. The predicted octanol–water partition coefficient (Wildman–Crippen LogP) is 5.60. The zero-order valence-electron chi connectivity index (χ0n) is 13.1. The third-order valence-electron chi connectivity index (χ3n) is 2.99. The van der Waals surface area contributed by atoms with Crippen molar-refractivity contribution >= 4 is 20.6 Å². The first kappa shape index (κ1) is 19.7. The average molecular weight is 472 g/mol. The van der Waals surface area contributed by atoms with E-state index in [1.165, 1.54) is 19.1 Å². The van der Waals surface area contributed by atoms with E-state index in [4.69, 9.17) is 8.10 Å². The van der Waals surface area contributed by atoms with Crippen molar-refractivity contribution in [3.05, 3.63) is 32.9 Å². The van der Waals surface area contributed by atoms with Crippen molar-refractivity contribution in [2.45, 2.75) is 51.2 Å². The first-order valence-electron chi connectivity index (χ1n) is 6.69. The van der Waals surface area contributed by atoms with Gasteiger partial charge in [0.05, 0.1) is 0 Å². The number of halogens is 7. The van der Waals surface area contributed by atoms with Crippen LogP contribution in [0.3, 0.4) is 0 Å². The molecular formula is C14H15F6IO3. The minimum absolute atomic E-state index is 0.219. The summed E-state index contributed by atoms with van der Waals surface area (Å²) >= 11 is -3.79. The minimum atomic E-state index is -5.69. The second-order valence-electron chi connectivity index (χ2n) is 6.21. The van der Waals surface area contributed by atoms with Crippen molar-refractivity contribution in [2.75, 3.05) is 0 Å². The van der Waals surface area contributed by atoms with Crippen molar-refractivity contribution in [1.82, 2.24) is 0 Å². The maximum absolute atomic E-state index is 13.5. The second-order valence-corrected chi connectivity index (χ2v) is 9.42. The van der Waals surface area contributed by atoms with E-state index in [1.54, 1.807) is 20.8 Å². The zero-order chi connectivity index (χ0) is 18.6. The molecule has 1 aromatic rings. The Balaban J connectivity index is 2.58. The Labute approximate surface area is 142 Å². The van der Waals surface area contributed by atoms with Crippen LogP contribution in [0.25, 0.3) is 0 Å². The summed E-state index contributed by atoms with van der Waals surface area (Å²) in [5.74, 6) is 0. The van der Waals surface area contributed by atoms with E-state index >= 15 is 0 Å². The molecule has 138 valence electrons. The Morgan fingerprint density at radius 1 is 1.00 bits per heavy atom. The summed E-state index contributed by atoms with van der Waals surface area (Å²) in [6.45, 7) is 6.06. The van der Waals surface area contributed by atoms with Crippen molar-refractivity contribution in [2.24, 2.45) is 0 Å². The van der Waals surface area contributed by atoms with Gasteiger partial charge in [0.1, 0.15) is 0 Å². The number of benzene rings is 1. The van der Waals surface area contributed by atoms with Crippen LogP contribution < -0.4 is 0 Å². The summed E-state index contributed by atoms with van der Waals surface area (Å²) in [5, 5.41) is 0. The molecular weight excluding hydrogens is 457 g/mol. The number of rotatable bonds is 2. The monoisotopic (exact) mass is 472 g/mol. The van der Waals surface area contributed by atoms with Gasteiger partial charge in [0, 0.05) is 0 Å². The van der Waals surface area contributed by atoms with Gasteiger partial charge < -0.3 is 0 Å². The number of alkyl halides is 6. The standard InChI is InChI=1S/C14H15F6IO3/c1-8-5-6-10-9(7-8)12(13(15,16)17,14(18,19)20)22-21(10)24-23-11(2,3)4/h5-7H,1-4H3. The Morgan fingerprint density at radius 3 is 2.00 bits per heavy atom. The van der Waals surface area contributed by atoms with Gasteiger partial charge in [-0.15, -0.1) is 0 Å². The van der Waals surface area contributed by atoms with Crippen LogP contribution in [0.4, 0.5) is 26.3 Å². The van der Waals surface area contributed by atoms with Gasteiger partial charge in [-0.3, -0.25) is 0 Å². The number of hydrogen-bond donors (Lipinski definition) is 0. The van der Waals surface area contributed by atoms with E-state index < -0.39 is 49.8 Å². The van der Waals surface area contributed by atoms with E-state index in [9.17, 15) is 26.3 Å². The number of fused-ring (bicyclic) bond motifs is 1. The van der Waals surface area contributed by atoms with Crippen molar-refractivity contribution in [1.29, 1.82) is 0 Å². The van der Waals surface area contributed by atoms with Crippen LogP contribution in [-0.2, 0) is 16.8 Å². The fraction of sp³-hybridized carbons (Fsp3) is 0.571. The van der Waals surface area contributed by atoms with Crippen molar-refractivity contribution in [3.8, 4) is 0 Å². The summed E-state index contributed by atoms with van der Waals surface area (Å²) in [6, 6.07) is 3.44. The van der Waals surface area contributed by atoms with E-state index in [1.807, 2.05) is 0 Å². The van der Waals surface area contributed by atoms with Crippen LogP contribution in [0.5, 0.6) is 0 Å². The Bertz CT molecular complexity index is 606. The molecule has 0 atom stereocenters. The van der Waals surface area contributed by atoms with Gasteiger partial charge in [0.15, 0.2) is 0 Å². The van der Waals surface area contributed by atoms with E-state index in [0.717, 1.165) is 6.07 Å². The van der Waals surface area contributed by atoms with E-state index in [2.05, 4.69) is 3.07 Å². The third kappa shape index (κ3) is 3.37. The first-order valence-corrected chi connectivity index (χ1v) is 9.53. The molecule has 0 aliphatic carbocycles. The molecule has 10 heteroatoms. The second kappa shape index (κ2) is 5.99. The Kier molecular flexibility index (Phi) is 4.92. The van der Waals surface area contributed by atoms with Gasteiger partial charge in [0.25, 0.3) is 0 Å². The van der Waals surface area contributed by atoms with Crippen LogP contribution in [0.15, 0.2) is 18.2 Å². The number of hydrogen-bond acceptors (Lipinski definition) is 3. The van der Waals surface area contributed by atoms with E-state index in [0.29, 0.717) is 0 Å². The van der Waals surface area contributed by atoms with Gasteiger partial charge in [-0.25, -0.2) is 0 Å². The molecule has 24 heavy (non-hydrogen) atoms. The number of aryl methyl sites for hydroxylation is 1. The third-order valence-corrected chi connectivity index (χ3v) is 6.45. The molecule has 3 nitrogen and oxygen atoms in total. The van der Waals surface area contributed by atoms with Crippen LogP contribution in [0.1, 0.15) is 31.9 Å². The molecule has 0 saturated heterocycles. The van der Waals surface area contributed by atoms with Crippen LogP contribution >= 0.6 is 20.6 Å². The van der Waals surface area contributed by atoms with E-state index in [-0.39, 0.29) is 9.13 Å². The molecule has 2 rings (SSSR count). The average Bonchev–Trinajstić information content (AvgIpc) is 2.69. The Morgan fingerprint density at radius 2 is 1.54 bits per heavy atom. The SMILES string of the molecule is Cc1ccc2c(c1)C(C(F)(F)F)(C(F)(F)F)OI2OOC(C)(C)C. The zero-order valence-corrected chi connectivity index (χ0v) is 15.3. The molecule has 0 radical (unpaired) electrons. The molecule has 0 amide bonds. The molecule has 0 unspecified atom stereocenters. The molecule has 1 aliphatic rings. The molecule has 0 aromatic heterocycles. The van der Waals surface area contributed by atoms with Gasteiger partial charge in [-0.2, -0.15) is 0 Å². The maximum atomic E-state index is 13.5. The molecule has 0 saturated carbocycles. The molecule has 1 aromatic carbocycles. The van der Waals surface area contributed by atoms with Crippen LogP contribution in [0.2, 0.25) is 0 Å². The van der Waals surface area contributed by atoms with Gasteiger partial charge in [0.2, 0.25) is 0 Å². The van der Waals surface area contributed by atoms with Gasteiger partial charge >= 0.3 is 142 Å². The molecule has 0 bridgehead atoms. The summed E-state index contributed by atoms with van der Waals surface area (Å²) in [5.41, 5.74) is -6.02. The quantitative estimate of drug-likeness (QED) is 0.243. The normalized spacial score (nSPS) is 19.5. The fourth-order valence-corrected chi connectivity index (χ4v) is 5.98. The van der Waals surface area contributed by atoms with Crippen LogP contribution in [0, 0.1) is 10.5 Å².